The van der Waals surface area contributed by atoms with Gasteiger partial charge in [0.1, 0.15) is 0 Å². The Hall–Kier alpha value is -2.34. The van der Waals surface area contributed by atoms with Gasteiger partial charge in [0, 0.05) is 18.7 Å². The van der Waals surface area contributed by atoms with Crippen molar-refractivity contribution in [3.05, 3.63) is 59.7 Å². The van der Waals surface area contributed by atoms with E-state index in [9.17, 15) is 13.2 Å². The first kappa shape index (κ1) is 16.5. The second kappa shape index (κ2) is 6.65. The van der Waals surface area contributed by atoms with E-state index in [4.69, 9.17) is 0 Å². The van der Waals surface area contributed by atoms with Crippen molar-refractivity contribution in [3.63, 3.8) is 0 Å². The van der Waals surface area contributed by atoms with Crippen molar-refractivity contribution < 1.29 is 13.2 Å². The molecule has 0 atom stereocenters. The van der Waals surface area contributed by atoms with Crippen LogP contribution in [0.3, 0.4) is 0 Å². The van der Waals surface area contributed by atoms with E-state index in [1.54, 1.807) is 48.5 Å². The molecular formula is C18H20N2O3S. The summed E-state index contributed by atoms with van der Waals surface area (Å²) in [7, 11) is -3.59. The number of sulfonamides is 1. The van der Waals surface area contributed by atoms with Crippen LogP contribution < -0.4 is 9.62 Å². The largest absolute Gasteiger partial charge is 0.352 e. The van der Waals surface area contributed by atoms with Crippen LogP contribution in [0.5, 0.6) is 0 Å². The van der Waals surface area contributed by atoms with Gasteiger partial charge in [-0.2, -0.15) is 0 Å². The van der Waals surface area contributed by atoms with Crippen LogP contribution in [0.4, 0.5) is 5.69 Å². The predicted molar refractivity (Wildman–Crippen MR) is 93.7 cm³/mol. The summed E-state index contributed by atoms with van der Waals surface area (Å²) in [6.45, 7) is 2.87. The molecule has 1 aliphatic heterocycles. The molecule has 0 spiro atoms. The van der Waals surface area contributed by atoms with Crippen LogP contribution in [0, 0.1) is 0 Å². The fraction of sp³-hybridized carbons (Fsp3) is 0.278. The standard InChI is InChI=1S/C18H20N2O3S/c1-2-19-18(21)15-10-11-17-14(13-15)7-6-12-20(17)24(22,23)16-8-4-3-5-9-16/h3-5,8-11,13H,2,6-7,12H2,1H3,(H,19,21). The van der Waals surface area contributed by atoms with Gasteiger partial charge in [-0.15, -0.1) is 0 Å². The first-order valence-electron chi connectivity index (χ1n) is 8.03. The lowest BCUT2D eigenvalue weighted by atomic mass is 10.0. The summed E-state index contributed by atoms with van der Waals surface area (Å²) in [5.74, 6) is -0.136. The van der Waals surface area contributed by atoms with Crippen molar-refractivity contribution >= 4 is 21.6 Å². The molecule has 24 heavy (non-hydrogen) atoms. The van der Waals surface area contributed by atoms with E-state index >= 15 is 0 Å². The van der Waals surface area contributed by atoms with Crippen LogP contribution in [0.1, 0.15) is 29.3 Å². The minimum absolute atomic E-state index is 0.136. The van der Waals surface area contributed by atoms with Crippen molar-refractivity contribution in [1.82, 2.24) is 5.32 Å². The second-order valence-corrected chi connectivity index (χ2v) is 7.56. The molecular weight excluding hydrogens is 324 g/mol. The number of nitrogens with zero attached hydrogens (tertiary/aromatic N) is 1. The zero-order chi connectivity index (χ0) is 17.2. The Morgan fingerprint density at radius 2 is 1.92 bits per heavy atom. The van der Waals surface area contributed by atoms with Crippen LogP contribution in [-0.2, 0) is 16.4 Å². The summed E-state index contributed by atoms with van der Waals surface area (Å²) < 4.78 is 27.3. The molecule has 0 unspecified atom stereocenters. The van der Waals surface area contributed by atoms with Crippen LogP contribution in [0.2, 0.25) is 0 Å². The smallest absolute Gasteiger partial charge is 0.264 e. The van der Waals surface area contributed by atoms with E-state index < -0.39 is 10.0 Å². The third-order valence-corrected chi connectivity index (χ3v) is 5.91. The van der Waals surface area contributed by atoms with Gasteiger partial charge in [-0.1, -0.05) is 18.2 Å². The molecule has 1 heterocycles. The maximum atomic E-state index is 12.9. The summed E-state index contributed by atoms with van der Waals surface area (Å²) in [5, 5.41) is 2.77. The highest BCUT2D eigenvalue weighted by Crippen LogP contribution is 2.32. The van der Waals surface area contributed by atoms with E-state index in [1.165, 1.54) is 4.31 Å². The number of nitrogens with one attached hydrogen (secondary N) is 1. The molecule has 0 bridgehead atoms. The number of hydrogen-bond donors (Lipinski definition) is 1. The van der Waals surface area contributed by atoms with Crippen LogP contribution in [0.25, 0.3) is 0 Å². The molecule has 0 radical (unpaired) electrons. The van der Waals surface area contributed by atoms with Crippen molar-refractivity contribution in [3.8, 4) is 0 Å². The summed E-state index contributed by atoms with van der Waals surface area (Å²) in [4.78, 5) is 12.3. The molecule has 3 rings (SSSR count). The Morgan fingerprint density at radius 1 is 1.17 bits per heavy atom. The average molecular weight is 344 g/mol. The zero-order valence-electron chi connectivity index (χ0n) is 13.5. The highest BCUT2D eigenvalue weighted by Gasteiger charge is 2.29. The first-order valence-corrected chi connectivity index (χ1v) is 9.47. The highest BCUT2D eigenvalue weighted by molar-refractivity contribution is 7.92. The lowest BCUT2D eigenvalue weighted by molar-refractivity contribution is 0.0955. The molecule has 0 saturated heterocycles. The topological polar surface area (TPSA) is 66.5 Å². The maximum Gasteiger partial charge on any atom is 0.264 e. The summed E-state index contributed by atoms with van der Waals surface area (Å²) in [6.07, 6.45) is 1.50. The quantitative estimate of drug-likeness (QED) is 0.927. The fourth-order valence-corrected chi connectivity index (χ4v) is 4.50. The maximum absolute atomic E-state index is 12.9. The second-order valence-electron chi connectivity index (χ2n) is 5.70. The van der Waals surface area contributed by atoms with Crippen molar-refractivity contribution in [2.75, 3.05) is 17.4 Å². The van der Waals surface area contributed by atoms with Crippen LogP contribution >= 0.6 is 0 Å². The molecule has 5 nitrogen and oxygen atoms in total. The molecule has 2 aromatic rings. The normalized spacial score (nSPS) is 14.1. The van der Waals surface area contributed by atoms with E-state index in [0.29, 0.717) is 24.3 Å². The molecule has 0 fully saturated rings. The number of hydrogen-bond acceptors (Lipinski definition) is 3. The van der Waals surface area contributed by atoms with Gasteiger partial charge < -0.3 is 5.32 Å². The third kappa shape index (κ3) is 3.01. The van der Waals surface area contributed by atoms with Gasteiger partial charge in [0.15, 0.2) is 0 Å². The summed E-state index contributed by atoms with van der Waals surface area (Å²) in [6, 6.07) is 13.7. The van der Waals surface area contributed by atoms with Crippen molar-refractivity contribution in [1.29, 1.82) is 0 Å². The number of aryl methyl sites for hydroxylation is 1. The van der Waals surface area contributed by atoms with Gasteiger partial charge in [-0.3, -0.25) is 9.10 Å². The van der Waals surface area contributed by atoms with E-state index in [0.717, 1.165) is 18.4 Å². The monoisotopic (exact) mass is 344 g/mol. The minimum Gasteiger partial charge on any atom is -0.352 e. The number of fused-ring (bicyclic) bond motifs is 1. The average Bonchev–Trinajstić information content (AvgIpc) is 2.61. The minimum atomic E-state index is -3.59. The van der Waals surface area contributed by atoms with Gasteiger partial charge in [-0.05, 0) is 55.7 Å². The number of carbonyl (C=O) groups is 1. The first-order chi connectivity index (χ1) is 11.5. The molecule has 1 aliphatic rings. The van der Waals surface area contributed by atoms with Gasteiger partial charge in [0.25, 0.3) is 15.9 Å². The Morgan fingerprint density at radius 3 is 2.62 bits per heavy atom. The van der Waals surface area contributed by atoms with E-state index in [-0.39, 0.29) is 10.8 Å². The Bertz CT molecular complexity index is 848. The van der Waals surface area contributed by atoms with Gasteiger partial charge in [0.2, 0.25) is 0 Å². The van der Waals surface area contributed by atoms with Gasteiger partial charge >= 0.3 is 0 Å². The van der Waals surface area contributed by atoms with Gasteiger partial charge in [0.05, 0.1) is 10.6 Å². The summed E-state index contributed by atoms with van der Waals surface area (Å²) in [5.41, 5.74) is 2.12. The van der Waals surface area contributed by atoms with Crippen LogP contribution in [0.15, 0.2) is 53.4 Å². The van der Waals surface area contributed by atoms with Crippen molar-refractivity contribution in [2.45, 2.75) is 24.7 Å². The van der Waals surface area contributed by atoms with Crippen molar-refractivity contribution in [2.24, 2.45) is 0 Å². The summed E-state index contributed by atoms with van der Waals surface area (Å²) >= 11 is 0. The number of amides is 1. The Labute approximate surface area is 142 Å². The Balaban J connectivity index is 1.99. The molecule has 1 N–H and O–H groups in total. The third-order valence-electron chi connectivity index (χ3n) is 4.09. The lowest BCUT2D eigenvalue weighted by Crippen LogP contribution is -2.35. The molecule has 1 amide bonds. The molecule has 2 aromatic carbocycles. The zero-order valence-corrected chi connectivity index (χ0v) is 14.3. The van der Waals surface area contributed by atoms with E-state index in [2.05, 4.69) is 5.32 Å². The van der Waals surface area contributed by atoms with Gasteiger partial charge in [-0.25, -0.2) is 8.42 Å². The number of anilines is 1. The highest BCUT2D eigenvalue weighted by atomic mass is 32.2. The molecule has 0 aromatic heterocycles. The Kier molecular flexibility index (Phi) is 4.57. The number of carbonyl (C=O) groups excluding carboxylic acids is 1. The SMILES string of the molecule is CCNC(=O)c1ccc2c(c1)CCCN2S(=O)(=O)c1ccccc1. The molecule has 126 valence electrons. The number of benzene rings is 2. The van der Waals surface area contributed by atoms with E-state index in [1.807, 2.05) is 6.92 Å². The molecule has 0 saturated carbocycles. The fourth-order valence-electron chi connectivity index (χ4n) is 2.94. The lowest BCUT2D eigenvalue weighted by Gasteiger charge is -2.30. The molecule has 6 heteroatoms. The predicted octanol–water partition coefficient (Wildman–Crippen LogP) is 2.58. The van der Waals surface area contributed by atoms with Crippen LogP contribution in [-0.4, -0.2) is 27.4 Å². The molecule has 0 aliphatic carbocycles. The number of rotatable bonds is 4.